The molecule has 1 aromatic rings. The summed E-state index contributed by atoms with van der Waals surface area (Å²) in [6, 6.07) is 1.31. The molecule has 0 spiro atoms. The average molecular weight is 297 g/mol. The number of hydrogen-bond donors (Lipinski definition) is 2. The van der Waals surface area contributed by atoms with Crippen molar-refractivity contribution in [3.05, 3.63) is 28.1 Å². The first-order valence-electron chi connectivity index (χ1n) is 7.23. The van der Waals surface area contributed by atoms with Gasteiger partial charge in [0.05, 0.1) is 11.1 Å². The third kappa shape index (κ3) is 5.18. The van der Waals surface area contributed by atoms with Gasteiger partial charge in [-0.2, -0.15) is 0 Å². The molecule has 0 saturated heterocycles. The second-order valence-corrected chi connectivity index (χ2v) is 5.22. The molecule has 2 N–H and O–H groups in total. The number of nitrogens with one attached hydrogen (secondary N) is 1. The van der Waals surface area contributed by atoms with E-state index in [1.165, 1.54) is 12.3 Å². The molecule has 0 radical (unpaired) electrons. The zero-order chi connectivity index (χ0) is 15.8. The molecule has 0 aliphatic heterocycles. The molecule has 118 valence electrons. The summed E-state index contributed by atoms with van der Waals surface area (Å²) in [6.07, 6.45) is 3.78. The zero-order valence-corrected chi connectivity index (χ0v) is 12.5. The Bertz CT molecular complexity index is 485. The molecule has 7 nitrogen and oxygen atoms in total. The molecule has 1 rings (SSSR count). The van der Waals surface area contributed by atoms with Crippen LogP contribution in [0.4, 0.5) is 5.69 Å². The van der Waals surface area contributed by atoms with Gasteiger partial charge in [-0.15, -0.1) is 0 Å². The van der Waals surface area contributed by atoms with Gasteiger partial charge < -0.3 is 15.0 Å². The molecule has 0 bridgehead atoms. The van der Waals surface area contributed by atoms with Crippen molar-refractivity contribution in [3.63, 3.8) is 0 Å². The Balaban J connectivity index is 2.62. The van der Waals surface area contributed by atoms with E-state index in [1.54, 1.807) is 4.57 Å². The number of rotatable bonds is 9. The Morgan fingerprint density at radius 2 is 2.29 bits per heavy atom. The summed E-state index contributed by atoms with van der Waals surface area (Å²) in [5, 5.41) is 22.5. The van der Waals surface area contributed by atoms with E-state index >= 15 is 0 Å². The smallest absolute Gasteiger partial charge is 0.287 e. The maximum absolute atomic E-state index is 12.1. The fourth-order valence-corrected chi connectivity index (χ4v) is 2.05. The van der Waals surface area contributed by atoms with Crippen molar-refractivity contribution < 1.29 is 14.8 Å². The lowest BCUT2D eigenvalue weighted by Crippen LogP contribution is -2.27. The van der Waals surface area contributed by atoms with Crippen molar-refractivity contribution in [1.82, 2.24) is 9.88 Å². The molecule has 0 saturated carbocycles. The van der Waals surface area contributed by atoms with Gasteiger partial charge in [0.15, 0.2) is 0 Å². The van der Waals surface area contributed by atoms with Crippen LogP contribution in [-0.2, 0) is 6.54 Å². The first-order valence-corrected chi connectivity index (χ1v) is 7.23. The number of aliphatic hydroxyl groups excluding tert-OH is 1. The summed E-state index contributed by atoms with van der Waals surface area (Å²) >= 11 is 0. The van der Waals surface area contributed by atoms with E-state index in [-0.39, 0.29) is 24.1 Å². The Morgan fingerprint density at radius 1 is 1.57 bits per heavy atom. The van der Waals surface area contributed by atoms with Crippen LogP contribution in [0.5, 0.6) is 0 Å². The van der Waals surface area contributed by atoms with Crippen LogP contribution in [-0.4, -0.2) is 33.7 Å². The van der Waals surface area contributed by atoms with Gasteiger partial charge in [-0.3, -0.25) is 14.9 Å². The van der Waals surface area contributed by atoms with Gasteiger partial charge in [-0.25, -0.2) is 0 Å². The van der Waals surface area contributed by atoms with Crippen LogP contribution in [0.1, 0.15) is 43.6 Å². The number of aryl methyl sites for hydroxylation is 1. The normalized spacial score (nSPS) is 12.1. The fourth-order valence-electron chi connectivity index (χ4n) is 2.05. The topological polar surface area (TPSA) is 97.4 Å². The van der Waals surface area contributed by atoms with Crippen LogP contribution in [0.25, 0.3) is 0 Å². The minimum atomic E-state index is -0.494. The van der Waals surface area contributed by atoms with Crippen LogP contribution in [0.3, 0.4) is 0 Å². The number of amides is 1. The first kappa shape index (κ1) is 17.2. The number of carbonyl (C=O) groups excluding carboxylic acids is 1. The van der Waals surface area contributed by atoms with Crippen molar-refractivity contribution in [2.45, 2.75) is 39.7 Å². The number of nitrogens with zero attached hydrogens (tertiary/aromatic N) is 2. The van der Waals surface area contributed by atoms with Gasteiger partial charge in [0, 0.05) is 25.8 Å². The lowest BCUT2D eigenvalue weighted by molar-refractivity contribution is -0.384. The van der Waals surface area contributed by atoms with Crippen molar-refractivity contribution in [2.75, 3.05) is 13.2 Å². The highest BCUT2D eigenvalue weighted by atomic mass is 16.6. The molecule has 0 aliphatic carbocycles. The molecule has 0 aromatic carbocycles. The molecule has 1 aromatic heterocycles. The van der Waals surface area contributed by atoms with Gasteiger partial charge >= 0.3 is 0 Å². The lowest BCUT2D eigenvalue weighted by Gasteiger charge is -2.10. The molecule has 1 heterocycles. The summed E-state index contributed by atoms with van der Waals surface area (Å²) in [6.45, 7) is 5.09. The van der Waals surface area contributed by atoms with Crippen molar-refractivity contribution in [3.8, 4) is 0 Å². The number of aliphatic hydroxyl groups is 1. The second-order valence-electron chi connectivity index (χ2n) is 5.22. The molecule has 0 aliphatic rings. The zero-order valence-electron chi connectivity index (χ0n) is 12.5. The van der Waals surface area contributed by atoms with E-state index in [4.69, 9.17) is 5.11 Å². The third-order valence-electron chi connectivity index (χ3n) is 3.26. The van der Waals surface area contributed by atoms with Crippen LogP contribution >= 0.6 is 0 Å². The predicted molar refractivity (Wildman–Crippen MR) is 79.2 cm³/mol. The molecule has 7 heteroatoms. The standard InChI is InChI=1S/C14H23N3O4/c1-3-7-16-9-12(17(20)21)8-13(16)14(19)15-6-4-5-11(2)10-18/h8-9,11,18H,3-7,10H2,1-2H3,(H,15,19). The predicted octanol–water partition coefficient (Wildman–Crippen LogP) is 1.94. The maximum atomic E-state index is 12.1. The van der Waals surface area contributed by atoms with Crippen molar-refractivity contribution >= 4 is 11.6 Å². The molecule has 1 atom stereocenters. The lowest BCUT2D eigenvalue weighted by atomic mass is 10.1. The number of carbonyl (C=O) groups is 1. The van der Waals surface area contributed by atoms with Gasteiger partial charge in [0.25, 0.3) is 11.6 Å². The average Bonchev–Trinajstić information content (AvgIpc) is 2.87. The highest BCUT2D eigenvalue weighted by Crippen LogP contribution is 2.17. The van der Waals surface area contributed by atoms with Gasteiger partial charge in [0.1, 0.15) is 5.69 Å². The Labute approximate surface area is 124 Å². The largest absolute Gasteiger partial charge is 0.396 e. The molecular formula is C14H23N3O4. The molecule has 1 unspecified atom stereocenters. The van der Waals surface area contributed by atoms with Crippen LogP contribution in [0.2, 0.25) is 0 Å². The van der Waals surface area contributed by atoms with Crippen LogP contribution in [0.15, 0.2) is 12.3 Å². The number of aromatic nitrogens is 1. The molecule has 21 heavy (non-hydrogen) atoms. The summed E-state index contributed by atoms with van der Waals surface area (Å²) in [5.41, 5.74) is 0.251. The van der Waals surface area contributed by atoms with E-state index < -0.39 is 4.92 Å². The summed E-state index contributed by atoms with van der Waals surface area (Å²) in [5.74, 6) is -0.0832. The Hall–Kier alpha value is -1.89. The van der Waals surface area contributed by atoms with Crippen LogP contribution < -0.4 is 5.32 Å². The third-order valence-corrected chi connectivity index (χ3v) is 3.26. The monoisotopic (exact) mass is 297 g/mol. The highest BCUT2D eigenvalue weighted by molar-refractivity contribution is 5.93. The minimum absolute atomic E-state index is 0.0671. The van der Waals surface area contributed by atoms with Gasteiger partial charge in [-0.1, -0.05) is 13.8 Å². The minimum Gasteiger partial charge on any atom is -0.396 e. The number of hydrogen-bond acceptors (Lipinski definition) is 4. The van der Waals surface area contributed by atoms with Crippen molar-refractivity contribution in [2.24, 2.45) is 5.92 Å². The molecule has 0 fully saturated rings. The summed E-state index contributed by atoms with van der Waals surface area (Å²) in [7, 11) is 0. The fraction of sp³-hybridized carbons (Fsp3) is 0.643. The SMILES string of the molecule is CCCn1cc([N+](=O)[O-])cc1C(=O)NCCCC(C)CO. The Kier molecular flexibility index (Phi) is 6.87. The maximum Gasteiger partial charge on any atom is 0.287 e. The number of nitro groups is 1. The van der Waals surface area contributed by atoms with Crippen molar-refractivity contribution in [1.29, 1.82) is 0 Å². The molecule has 1 amide bonds. The van der Waals surface area contributed by atoms with E-state index in [1.807, 2.05) is 13.8 Å². The van der Waals surface area contributed by atoms with E-state index in [0.29, 0.717) is 18.8 Å². The first-order chi connectivity index (χ1) is 9.99. The van der Waals surface area contributed by atoms with E-state index in [0.717, 1.165) is 19.3 Å². The molecular weight excluding hydrogens is 274 g/mol. The quantitative estimate of drug-likeness (QED) is 0.413. The van der Waals surface area contributed by atoms with Crippen LogP contribution in [0, 0.1) is 16.0 Å². The highest BCUT2D eigenvalue weighted by Gasteiger charge is 2.18. The van der Waals surface area contributed by atoms with Gasteiger partial charge in [0.2, 0.25) is 0 Å². The van der Waals surface area contributed by atoms with E-state index in [2.05, 4.69) is 5.32 Å². The second kappa shape index (κ2) is 8.41. The van der Waals surface area contributed by atoms with Gasteiger partial charge in [-0.05, 0) is 25.2 Å². The summed E-state index contributed by atoms with van der Waals surface area (Å²) in [4.78, 5) is 22.4. The summed E-state index contributed by atoms with van der Waals surface area (Å²) < 4.78 is 1.61. The van der Waals surface area contributed by atoms with E-state index in [9.17, 15) is 14.9 Å². The Morgan fingerprint density at radius 3 is 2.86 bits per heavy atom.